The van der Waals surface area contributed by atoms with Crippen LogP contribution >= 0.6 is 11.6 Å². The molecule has 3 N–H and O–H groups in total. The van der Waals surface area contributed by atoms with Gasteiger partial charge in [-0.3, -0.25) is 4.79 Å². The van der Waals surface area contributed by atoms with E-state index in [1.165, 1.54) is 67.1 Å². The Morgan fingerprint density at radius 1 is 1.16 bits per heavy atom. The van der Waals surface area contributed by atoms with Gasteiger partial charge in [0.2, 0.25) is 6.41 Å². The lowest BCUT2D eigenvalue weighted by Gasteiger charge is -2.22. The number of hydrogen-bond acceptors (Lipinski definition) is 2. The number of nitrogens with one attached hydrogen (secondary N) is 1. The lowest BCUT2D eigenvalue weighted by atomic mass is 9.83. The first-order valence-electron chi connectivity index (χ1n) is 9.18. The second-order valence-electron chi connectivity index (χ2n) is 6.64. The average Bonchev–Trinajstić information content (AvgIpc) is 3.27. The van der Waals surface area contributed by atoms with Crippen LogP contribution in [0.3, 0.4) is 0 Å². The van der Waals surface area contributed by atoms with Crippen LogP contribution < -0.4 is 5.73 Å². The number of H-pyrrole nitrogens is 1. The van der Waals surface area contributed by atoms with Crippen LogP contribution in [0.4, 0.5) is 0 Å². The first-order valence-corrected chi connectivity index (χ1v) is 9.56. The minimum absolute atomic E-state index is 0.250. The number of nitrogens with two attached hydrogens (primary N) is 1. The number of carbonyl (C=O) groups excluding carboxylic acids is 1. The number of fused-ring (bicyclic) bond motifs is 1. The molecular formula is C20H29ClN2O2. The van der Waals surface area contributed by atoms with E-state index in [4.69, 9.17) is 21.1 Å². The topological polar surface area (TPSA) is 68.1 Å². The van der Waals surface area contributed by atoms with Crippen LogP contribution in [-0.4, -0.2) is 24.6 Å². The Hall–Kier alpha value is -1.52. The third-order valence-corrected chi connectivity index (χ3v) is 5.07. The minimum atomic E-state index is 0.250. The van der Waals surface area contributed by atoms with Crippen LogP contribution in [0.25, 0.3) is 10.9 Å². The van der Waals surface area contributed by atoms with Crippen LogP contribution in [0, 0.1) is 6.92 Å². The molecule has 25 heavy (non-hydrogen) atoms. The van der Waals surface area contributed by atoms with Gasteiger partial charge in [-0.1, -0.05) is 30.9 Å². The van der Waals surface area contributed by atoms with Crippen LogP contribution in [0.5, 0.6) is 0 Å². The largest absolute Gasteiger partial charge is 0.381 e. The van der Waals surface area contributed by atoms with Crippen molar-refractivity contribution in [3.8, 4) is 0 Å². The summed E-state index contributed by atoms with van der Waals surface area (Å²) in [6.45, 7) is 4.19. The highest BCUT2D eigenvalue weighted by Crippen LogP contribution is 2.39. The molecule has 4 rings (SSSR count). The molecule has 1 aliphatic heterocycles. The second-order valence-corrected chi connectivity index (χ2v) is 7.08. The van der Waals surface area contributed by atoms with Crippen LogP contribution in [0.1, 0.15) is 62.1 Å². The molecule has 138 valence electrons. The highest BCUT2D eigenvalue weighted by molar-refractivity contribution is 6.31. The van der Waals surface area contributed by atoms with E-state index in [0.717, 1.165) is 24.2 Å². The Kier molecular flexibility index (Phi) is 8.29. The fourth-order valence-electron chi connectivity index (χ4n) is 3.75. The van der Waals surface area contributed by atoms with E-state index < -0.39 is 0 Å². The third-order valence-electron chi connectivity index (χ3n) is 4.84. The van der Waals surface area contributed by atoms with Gasteiger partial charge in [0.15, 0.2) is 0 Å². The van der Waals surface area contributed by atoms with Crippen LogP contribution in [0.15, 0.2) is 18.2 Å². The lowest BCUT2D eigenvalue weighted by Crippen LogP contribution is -2.05. The summed E-state index contributed by atoms with van der Waals surface area (Å²) in [7, 11) is 0. The Balaban J connectivity index is 0.000000235. The van der Waals surface area contributed by atoms with Crippen molar-refractivity contribution < 1.29 is 9.53 Å². The summed E-state index contributed by atoms with van der Waals surface area (Å²) in [5.41, 5.74) is 8.24. The van der Waals surface area contributed by atoms with Gasteiger partial charge in [0, 0.05) is 34.8 Å². The molecule has 1 aliphatic carbocycles. The van der Waals surface area contributed by atoms with E-state index in [0.29, 0.717) is 0 Å². The zero-order valence-corrected chi connectivity index (χ0v) is 15.8. The second kappa shape index (κ2) is 10.5. The Morgan fingerprint density at radius 3 is 2.36 bits per heavy atom. The number of hydrogen-bond donors (Lipinski definition) is 2. The fourth-order valence-corrected chi connectivity index (χ4v) is 3.92. The standard InChI is InChI=1S/C15H18ClN.C4H8O.CH3NO/c1-10-15(11-5-3-2-4-6-11)13-9-12(16)7-8-14(13)17-10;1-2-4-5-3-1;2-1-3/h7-9,11,17H,2-6H2,1H3;1-4H2;1H,(H2,2,3). The number of benzene rings is 1. The van der Waals surface area contributed by atoms with E-state index in [2.05, 4.69) is 29.8 Å². The average molecular weight is 365 g/mol. The first-order chi connectivity index (χ1) is 12.2. The van der Waals surface area contributed by atoms with E-state index in [9.17, 15) is 0 Å². The molecule has 0 atom stereocenters. The molecule has 4 nitrogen and oxygen atoms in total. The predicted molar refractivity (Wildman–Crippen MR) is 104 cm³/mol. The van der Waals surface area contributed by atoms with Gasteiger partial charge in [0.1, 0.15) is 0 Å². The molecule has 2 heterocycles. The molecule has 1 saturated heterocycles. The molecule has 2 aliphatic rings. The normalized spacial score (nSPS) is 17.4. The summed E-state index contributed by atoms with van der Waals surface area (Å²) in [5.74, 6) is 0.732. The molecule has 2 fully saturated rings. The van der Waals surface area contributed by atoms with Crippen molar-refractivity contribution >= 4 is 28.9 Å². The van der Waals surface area contributed by atoms with Crippen molar-refractivity contribution in [3.05, 3.63) is 34.5 Å². The maximum atomic E-state index is 8.58. The minimum Gasteiger partial charge on any atom is -0.381 e. The third kappa shape index (κ3) is 5.75. The van der Waals surface area contributed by atoms with Gasteiger partial charge in [-0.2, -0.15) is 0 Å². The summed E-state index contributed by atoms with van der Waals surface area (Å²) in [4.78, 5) is 12.1. The van der Waals surface area contributed by atoms with Crippen molar-refractivity contribution in [3.63, 3.8) is 0 Å². The fraction of sp³-hybridized carbons (Fsp3) is 0.550. The number of halogens is 1. The summed E-state index contributed by atoms with van der Waals surface area (Å²) < 4.78 is 4.94. The van der Waals surface area contributed by atoms with Crippen molar-refractivity contribution in [2.45, 2.75) is 57.8 Å². The van der Waals surface area contributed by atoms with Gasteiger partial charge in [-0.25, -0.2) is 0 Å². The number of aromatic amines is 1. The zero-order chi connectivity index (χ0) is 18.1. The molecule has 0 spiro atoms. The molecule has 1 aromatic heterocycles. The van der Waals surface area contributed by atoms with Gasteiger partial charge in [0.05, 0.1) is 0 Å². The monoisotopic (exact) mass is 364 g/mol. The molecular weight excluding hydrogens is 336 g/mol. The SMILES string of the molecule is C1CCOC1.Cc1[nH]c2ccc(Cl)cc2c1C1CCCCC1.NC=O. The van der Waals surface area contributed by atoms with Crippen molar-refractivity contribution in [2.75, 3.05) is 13.2 Å². The summed E-state index contributed by atoms with van der Waals surface area (Å²) in [5, 5.41) is 2.18. The summed E-state index contributed by atoms with van der Waals surface area (Å²) in [6.07, 6.45) is 9.62. The maximum Gasteiger partial charge on any atom is 0.204 e. The smallest absolute Gasteiger partial charge is 0.204 e. The Morgan fingerprint density at radius 2 is 1.80 bits per heavy atom. The molecule has 0 bridgehead atoms. The summed E-state index contributed by atoms with van der Waals surface area (Å²) in [6, 6.07) is 6.17. The maximum absolute atomic E-state index is 8.58. The van der Waals surface area contributed by atoms with Gasteiger partial charge < -0.3 is 15.5 Å². The first kappa shape index (κ1) is 19.8. The van der Waals surface area contributed by atoms with E-state index >= 15 is 0 Å². The van der Waals surface area contributed by atoms with Crippen molar-refractivity contribution in [1.82, 2.24) is 4.98 Å². The van der Waals surface area contributed by atoms with E-state index in [1.54, 1.807) is 0 Å². The number of ether oxygens (including phenoxy) is 1. The number of carbonyl (C=O) groups is 1. The number of aromatic nitrogens is 1. The van der Waals surface area contributed by atoms with E-state index in [-0.39, 0.29) is 6.41 Å². The van der Waals surface area contributed by atoms with Crippen LogP contribution in [-0.2, 0) is 9.53 Å². The molecule has 5 heteroatoms. The van der Waals surface area contributed by atoms with Gasteiger partial charge in [-0.15, -0.1) is 0 Å². The van der Waals surface area contributed by atoms with E-state index in [1.807, 2.05) is 6.07 Å². The molecule has 1 aromatic carbocycles. The van der Waals surface area contributed by atoms with Crippen molar-refractivity contribution in [1.29, 1.82) is 0 Å². The number of rotatable bonds is 1. The van der Waals surface area contributed by atoms with Gasteiger partial charge >= 0.3 is 0 Å². The highest BCUT2D eigenvalue weighted by Gasteiger charge is 2.21. The summed E-state index contributed by atoms with van der Waals surface area (Å²) >= 11 is 6.12. The predicted octanol–water partition coefficient (Wildman–Crippen LogP) is 5.08. The molecule has 1 saturated carbocycles. The molecule has 0 unspecified atom stereocenters. The lowest BCUT2D eigenvalue weighted by molar-refractivity contribution is -0.106. The number of amides is 1. The Bertz CT molecular complexity index is 651. The molecule has 2 aromatic rings. The highest BCUT2D eigenvalue weighted by atomic mass is 35.5. The van der Waals surface area contributed by atoms with Crippen molar-refractivity contribution in [2.24, 2.45) is 5.73 Å². The quantitative estimate of drug-likeness (QED) is 0.693. The molecule has 1 amide bonds. The number of aryl methyl sites for hydroxylation is 1. The van der Waals surface area contributed by atoms with Gasteiger partial charge in [0.25, 0.3) is 0 Å². The Labute approximate surface area is 155 Å². The zero-order valence-electron chi connectivity index (χ0n) is 15.0. The van der Waals surface area contributed by atoms with Gasteiger partial charge in [-0.05, 0) is 62.3 Å². The molecule has 0 radical (unpaired) electrons. The number of primary amides is 1. The van der Waals surface area contributed by atoms with Crippen LogP contribution in [0.2, 0.25) is 5.02 Å².